The summed E-state index contributed by atoms with van der Waals surface area (Å²) in [4.78, 5) is 0. The smallest absolute Gasteiger partial charge is 0.344 e. The molecule has 0 unspecified atom stereocenters. The van der Waals surface area contributed by atoms with Crippen molar-refractivity contribution in [3.8, 4) is 0 Å². The van der Waals surface area contributed by atoms with Crippen LogP contribution in [0.5, 0.6) is 0 Å². The van der Waals surface area contributed by atoms with Crippen LogP contribution in [0.25, 0.3) is 0 Å². The Bertz CT molecular complexity index is 161. The summed E-state index contributed by atoms with van der Waals surface area (Å²) in [7, 11) is 3.72. The van der Waals surface area contributed by atoms with Gasteiger partial charge in [-0.1, -0.05) is 49.6 Å². The maximum absolute atomic E-state index is 3.72. The first kappa shape index (κ1) is 19.4. The third-order valence-electron chi connectivity index (χ3n) is 0.843. The van der Waals surface area contributed by atoms with Crippen LogP contribution < -0.4 is 5.46 Å². The fraction of sp³-hybridized carbons (Fsp3) is 0.333. The largest absolute Gasteiger partial charge is 2.00 e. The summed E-state index contributed by atoms with van der Waals surface area (Å²) in [6.07, 6.45) is 2.00. The summed E-state index contributed by atoms with van der Waals surface area (Å²) in [6.45, 7) is 11.0. The average molecular weight is 234 g/mol. The van der Waals surface area contributed by atoms with E-state index in [0.29, 0.717) is 0 Å². The SMILES string of the molecule is [BH]c1ccccc1.[CH2-]CC.[CH2-]CC.[Ni+2]. The van der Waals surface area contributed by atoms with Crippen molar-refractivity contribution < 1.29 is 16.5 Å². The molecule has 1 radical (unpaired) electrons. The minimum absolute atomic E-state index is 0. The molecule has 0 amide bonds. The number of benzene rings is 1. The molecule has 0 nitrogen and oxygen atoms in total. The molecular weight excluding hydrogens is 214 g/mol. The van der Waals surface area contributed by atoms with Gasteiger partial charge in [-0.3, -0.25) is 0 Å². The van der Waals surface area contributed by atoms with Gasteiger partial charge in [-0.25, -0.2) is 0 Å². The first-order valence-electron chi connectivity index (χ1n) is 4.68. The molecule has 81 valence electrons. The molecule has 0 bridgehead atoms. The Balaban J connectivity index is -0.000000150. The second kappa shape index (κ2) is 18.5. The van der Waals surface area contributed by atoms with Crippen LogP contribution in [0, 0.1) is 13.8 Å². The molecule has 0 N–H and O–H groups in total. The van der Waals surface area contributed by atoms with Crippen LogP contribution in [0.4, 0.5) is 0 Å². The van der Waals surface area contributed by atoms with E-state index in [9.17, 15) is 0 Å². The predicted octanol–water partition coefficient (Wildman–Crippen LogP) is 2.67. The van der Waals surface area contributed by atoms with Gasteiger partial charge in [0.05, 0.1) is 0 Å². The molecule has 0 aromatic heterocycles. The standard InChI is InChI=1S/C6H6B.2C3H7.Ni/c7-6-4-2-1-3-5-6;2*1-3-2;/h1-5,7H;2*1,3H2,2H3;/q;2*-1;+2. The molecule has 14 heavy (non-hydrogen) atoms. The molecule has 0 heterocycles. The van der Waals surface area contributed by atoms with E-state index >= 15 is 0 Å². The molecule has 0 atom stereocenters. The van der Waals surface area contributed by atoms with Gasteiger partial charge in [0.2, 0.25) is 0 Å². The molecule has 2 heteroatoms. The van der Waals surface area contributed by atoms with Crippen LogP contribution in [0.15, 0.2) is 30.3 Å². The van der Waals surface area contributed by atoms with Crippen molar-refractivity contribution in [3.63, 3.8) is 0 Å². The van der Waals surface area contributed by atoms with Crippen LogP contribution in [0.3, 0.4) is 0 Å². The molecular formula is C12H20BNi. The van der Waals surface area contributed by atoms with Crippen LogP contribution >= 0.6 is 0 Å². The number of hydrogen-bond donors (Lipinski definition) is 0. The third kappa shape index (κ3) is 22.6. The van der Waals surface area contributed by atoms with E-state index in [4.69, 9.17) is 0 Å². The minimum Gasteiger partial charge on any atom is -0.344 e. The van der Waals surface area contributed by atoms with Crippen LogP contribution in [0.1, 0.15) is 26.7 Å². The maximum atomic E-state index is 3.72. The summed E-state index contributed by atoms with van der Waals surface area (Å²) in [6, 6.07) is 9.87. The van der Waals surface area contributed by atoms with Crippen LogP contribution in [-0.4, -0.2) is 7.85 Å². The Morgan fingerprint density at radius 2 is 1.29 bits per heavy atom. The molecule has 0 aliphatic carbocycles. The first-order chi connectivity index (χ1) is 6.22. The van der Waals surface area contributed by atoms with E-state index < -0.39 is 0 Å². The summed E-state index contributed by atoms with van der Waals surface area (Å²) < 4.78 is 0. The quantitative estimate of drug-likeness (QED) is 0.478. The zero-order valence-corrected chi connectivity index (χ0v) is 10.2. The van der Waals surface area contributed by atoms with Crippen LogP contribution in [0.2, 0.25) is 0 Å². The predicted molar refractivity (Wildman–Crippen MR) is 64.5 cm³/mol. The molecule has 1 aromatic rings. The van der Waals surface area contributed by atoms with Gasteiger partial charge in [-0.15, -0.1) is 0 Å². The van der Waals surface area contributed by atoms with Gasteiger partial charge in [-0.05, 0) is 0 Å². The second-order valence-electron chi connectivity index (χ2n) is 2.49. The minimum atomic E-state index is 0. The Morgan fingerprint density at radius 3 is 1.43 bits per heavy atom. The second-order valence-corrected chi connectivity index (χ2v) is 2.49. The fourth-order valence-electron chi connectivity index (χ4n) is 0.478. The summed E-state index contributed by atoms with van der Waals surface area (Å²) in [5, 5.41) is 0. The average Bonchev–Trinajstić information content (AvgIpc) is 2.08. The topological polar surface area (TPSA) is 0 Å². The molecule has 1 rings (SSSR count). The zero-order valence-electron chi connectivity index (χ0n) is 9.24. The maximum Gasteiger partial charge on any atom is 2.00 e. The van der Waals surface area contributed by atoms with Crippen molar-refractivity contribution in [2.45, 2.75) is 26.7 Å². The monoisotopic (exact) mass is 233 g/mol. The third-order valence-corrected chi connectivity index (χ3v) is 0.843. The van der Waals surface area contributed by atoms with Gasteiger partial charge >= 0.3 is 16.5 Å². The van der Waals surface area contributed by atoms with E-state index in [-0.39, 0.29) is 16.5 Å². The van der Waals surface area contributed by atoms with E-state index in [0.717, 1.165) is 18.3 Å². The summed E-state index contributed by atoms with van der Waals surface area (Å²) in [5.74, 6) is 0. The van der Waals surface area contributed by atoms with Gasteiger partial charge in [0.25, 0.3) is 0 Å². The molecule has 0 spiro atoms. The van der Waals surface area contributed by atoms with E-state index in [1.165, 1.54) is 0 Å². The van der Waals surface area contributed by atoms with Gasteiger partial charge in [-0.2, -0.15) is 12.8 Å². The van der Waals surface area contributed by atoms with E-state index in [1.807, 2.05) is 44.2 Å². The van der Waals surface area contributed by atoms with Gasteiger partial charge in [0.15, 0.2) is 0 Å². The van der Waals surface area contributed by atoms with Crippen molar-refractivity contribution in [2.24, 2.45) is 0 Å². The van der Waals surface area contributed by atoms with Crippen molar-refractivity contribution in [3.05, 3.63) is 44.2 Å². The summed E-state index contributed by atoms with van der Waals surface area (Å²) >= 11 is 0. The molecule has 0 fully saturated rings. The van der Waals surface area contributed by atoms with Crippen molar-refractivity contribution >= 4 is 13.3 Å². The van der Waals surface area contributed by atoms with Crippen molar-refractivity contribution in [1.82, 2.24) is 0 Å². The van der Waals surface area contributed by atoms with Crippen LogP contribution in [-0.2, 0) is 16.5 Å². The summed E-state index contributed by atoms with van der Waals surface area (Å²) in [5.41, 5.74) is 1.07. The molecule has 0 aliphatic heterocycles. The Morgan fingerprint density at radius 1 is 1.00 bits per heavy atom. The van der Waals surface area contributed by atoms with Gasteiger partial charge < -0.3 is 13.8 Å². The Kier molecular flexibility index (Phi) is 25.6. The molecule has 1 aromatic carbocycles. The fourth-order valence-corrected chi connectivity index (χ4v) is 0.478. The first-order valence-corrected chi connectivity index (χ1v) is 4.68. The van der Waals surface area contributed by atoms with E-state index in [2.05, 4.69) is 21.7 Å². The van der Waals surface area contributed by atoms with Crippen molar-refractivity contribution in [1.29, 1.82) is 0 Å². The van der Waals surface area contributed by atoms with Crippen molar-refractivity contribution in [2.75, 3.05) is 0 Å². The van der Waals surface area contributed by atoms with Gasteiger partial charge in [0.1, 0.15) is 7.85 Å². The molecule has 0 saturated heterocycles. The molecule has 0 aliphatic rings. The number of hydrogen-bond acceptors (Lipinski definition) is 0. The zero-order chi connectivity index (χ0) is 10.5. The number of rotatable bonds is 0. The molecule has 0 saturated carbocycles. The Hall–Kier alpha value is -0.222. The van der Waals surface area contributed by atoms with Gasteiger partial charge in [0, 0.05) is 0 Å². The normalized spacial score (nSPS) is 6.86. The Labute approximate surface area is 101 Å². The van der Waals surface area contributed by atoms with E-state index in [1.54, 1.807) is 0 Å².